The van der Waals surface area contributed by atoms with Crippen molar-refractivity contribution in [1.82, 2.24) is 9.62 Å². The standard InChI is InChI=1S/C29H40N2O4S2.ClH/c1-5-8-17-31(18-9-6-2)19-10-20-35-23-13-11-22(12-14-23)29(32)28-25-21-24(7-3)36-26(25)15-16-27(28)37(33,34)30-4;/h11-16,21,30H,5-10,17-20H2,1-4H3;1H. The summed E-state index contributed by atoms with van der Waals surface area (Å²) in [5, 5.41) is 0.680. The number of unbranched alkanes of at least 4 members (excludes halogenated alkanes) is 2. The molecule has 0 fully saturated rings. The summed E-state index contributed by atoms with van der Waals surface area (Å²) in [4.78, 5) is 17.3. The van der Waals surface area contributed by atoms with Crippen LogP contribution in [0, 0.1) is 0 Å². The highest BCUT2D eigenvalue weighted by atomic mass is 35.5. The lowest BCUT2D eigenvalue weighted by atomic mass is 10.00. The van der Waals surface area contributed by atoms with Gasteiger partial charge in [0, 0.05) is 27.1 Å². The average molecular weight is 581 g/mol. The van der Waals surface area contributed by atoms with Gasteiger partial charge in [0.15, 0.2) is 5.78 Å². The Labute approximate surface area is 238 Å². The molecule has 1 aromatic heterocycles. The number of rotatable bonds is 16. The van der Waals surface area contributed by atoms with E-state index in [1.807, 2.05) is 13.0 Å². The summed E-state index contributed by atoms with van der Waals surface area (Å²) < 4.78 is 34.7. The highest BCUT2D eigenvalue weighted by Gasteiger charge is 2.25. The molecule has 0 unspecified atom stereocenters. The zero-order valence-corrected chi connectivity index (χ0v) is 25.4. The van der Waals surface area contributed by atoms with Crippen LogP contribution < -0.4 is 9.46 Å². The lowest BCUT2D eigenvalue weighted by Crippen LogP contribution is -2.28. The van der Waals surface area contributed by atoms with Crippen LogP contribution in [0.15, 0.2) is 47.4 Å². The number of hydrogen-bond donors (Lipinski definition) is 1. The minimum absolute atomic E-state index is 0. The van der Waals surface area contributed by atoms with E-state index in [0.717, 1.165) is 42.1 Å². The van der Waals surface area contributed by atoms with Gasteiger partial charge in [0.1, 0.15) is 5.75 Å². The predicted molar refractivity (Wildman–Crippen MR) is 161 cm³/mol. The van der Waals surface area contributed by atoms with Crippen molar-refractivity contribution in [3.63, 3.8) is 0 Å². The highest BCUT2D eigenvalue weighted by molar-refractivity contribution is 7.89. The van der Waals surface area contributed by atoms with Crippen molar-refractivity contribution >= 4 is 49.6 Å². The van der Waals surface area contributed by atoms with E-state index in [-0.39, 0.29) is 28.6 Å². The second-order valence-corrected chi connectivity index (χ2v) is 12.3. The Morgan fingerprint density at radius 3 is 2.16 bits per heavy atom. The van der Waals surface area contributed by atoms with E-state index in [4.69, 9.17) is 4.74 Å². The fourth-order valence-electron chi connectivity index (χ4n) is 4.31. The molecule has 0 saturated heterocycles. The number of halogens is 1. The van der Waals surface area contributed by atoms with E-state index >= 15 is 0 Å². The van der Waals surface area contributed by atoms with Crippen LogP contribution >= 0.6 is 23.7 Å². The van der Waals surface area contributed by atoms with Gasteiger partial charge in [0.2, 0.25) is 10.0 Å². The van der Waals surface area contributed by atoms with Gasteiger partial charge in [-0.25, -0.2) is 13.1 Å². The maximum atomic E-state index is 13.6. The van der Waals surface area contributed by atoms with Crippen molar-refractivity contribution in [1.29, 1.82) is 0 Å². The van der Waals surface area contributed by atoms with E-state index in [9.17, 15) is 13.2 Å². The largest absolute Gasteiger partial charge is 0.494 e. The molecule has 0 amide bonds. The van der Waals surface area contributed by atoms with E-state index in [0.29, 0.717) is 23.3 Å². The number of aryl methyl sites for hydroxylation is 1. The van der Waals surface area contributed by atoms with Crippen molar-refractivity contribution in [2.45, 2.75) is 64.2 Å². The Morgan fingerprint density at radius 2 is 1.58 bits per heavy atom. The molecule has 0 bridgehead atoms. The molecule has 1 heterocycles. The van der Waals surface area contributed by atoms with Gasteiger partial charge >= 0.3 is 0 Å². The molecule has 1 N–H and O–H groups in total. The number of fused-ring (bicyclic) bond motifs is 1. The maximum Gasteiger partial charge on any atom is 0.241 e. The van der Waals surface area contributed by atoms with Crippen LogP contribution in [0.4, 0.5) is 0 Å². The van der Waals surface area contributed by atoms with E-state index in [1.54, 1.807) is 41.7 Å². The SMILES string of the molecule is CCCCN(CCCC)CCCOc1ccc(C(=O)c2c(S(=O)(=O)NC)ccc3sc(CC)cc23)cc1.Cl. The number of nitrogens with zero attached hydrogens (tertiary/aromatic N) is 1. The van der Waals surface area contributed by atoms with Crippen molar-refractivity contribution in [3.8, 4) is 5.75 Å². The van der Waals surface area contributed by atoms with Gasteiger partial charge in [-0.1, -0.05) is 33.6 Å². The van der Waals surface area contributed by atoms with Crippen LogP contribution in [-0.4, -0.2) is 52.4 Å². The van der Waals surface area contributed by atoms with Crippen molar-refractivity contribution in [2.24, 2.45) is 0 Å². The number of ketones is 1. The first-order chi connectivity index (χ1) is 17.8. The number of ether oxygens (including phenoxy) is 1. The fourth-order valence-corrected chi connectivity index (χ4v) is 6.26. The fraction of sp³-hybridized carbons (Fsp3) is 0.483. The molecule has 0 aliphatic carbocycles. The molecule has 2 aromatic carbocycles. The Kier molecular flexibility index (Phi) is 13.2. The van der Waals surface area contributed by atoms with Gasteiger partial charge in [0.25, 0.3) is 0 Å². The average Bonchev–Trinajstić information content (AvgIpc) is 3.35. The van der Waals surface area contributed by atoms with Crippen LogP contribution in [-0.2, 0) is 16.4 Å². The molecule has 0 radical (unpaired) electrons. The van der Waals surface area contributed by atoms with Crippen LogP contribution in [0.1, 0.15) is 73.7 Å². The highest BCUT2D eigenvalue weighted by Crippen LogP contribution is 2.34. The lowest BCUT2D eigenvalue weighted by molar-refractivity contribution is 0.103. The third-order valence-corrected chi connectivity index (χ3v) is 9.21. The Hall–Kier alpha value is -1.97. The maximum absolute atomic E-state index is 13.6. The normalized spacial score (nSPS) is 11.6. The first-order valence-corrected chi connectivity index (χ1v) is 15.6. The topological polar surface area (TPSA) is 75.7 Å². The zero-order valence-electron chi connectivity index (χ0n) is 22.9. The number of sulfonamides is 1. The molecule has 0 aliphatic rings. The van der Waals surface area contributed by atoms with Crippen molar-refractivity contribution in [3.05, 3.63) is 58.5 Å². The number of carbonyl (C=O) groups is 1. The Morgan fingerprint density at radius 1 is 0.947 bits per heavy atom. The molecule has 3 rings (SSSR count). The number of thiophene rings is 1. The number of hydrogen-bond acceptors (Lipinski definition) is 6. The molecule has 38 heavy (non-hydrogen) atoms. The second-order valence-electron chi connectivity index (χ2n) is 9.23. The first-order valence-electron chi connectivity index (χ1n) is 13.3. The molecule has 0 saturated carbocycles. The summed E-state index contributed by atoms with van der Waals surface area (Å²) in [6.45, 7) is 10.4. The smallest absolute Gasteiger partial charge is 0.241 e. The number of carbonyl (C=O) groups excluding carboxylic acids is 1. The number of benzene rings is 2. The number of nitrogens with one attached hydrogen (secondary N) is 1. The second kappa shape index (κ2) is 15.6. The summed E-state index contributed by atoms with van der Waals surface area (Å²) >= 11 is 1.58. The van der Waals surface area contributed by atoms with Crippen LogP contribution in [0.25, 0.3) is 10.1 Å². The lowest BCUT2D eigenvalue weighted by Gasteiger charge is -2.21. The van der Waals surface area contributed by atoms with Crippen molar-refractivity contribution in [2.75, 3.05) is 33.3 Å². The molecule has 3 aromatic rings. The van der Waals surface area contributed by atoms with E-state index in [2.05, 4.69) is 23.5 Å². The van der Waals surface area contributed by atoms with E-state index < -0.39 is 10.0 Å². The summed E-state index contributed by atoms with van der Waals surface area (Å²) in [5.41, 5.74) is 0.651. The van der Waals surface area contributed by atoms with Gasteiger partial charge in [-0.3, -0.25) is 4.79 Å². The summed E-state index contributed by atoms with van der Waals surface area (Å²) in [6.07, 6.45) is 6.61. The first kappa shape index (κ1) is 32.2. The Balaban J connectivity index is 0.00000507. The monoisotopic (exact) mass is 580 g/mol. The molecular weight excluding hydrogens is 540 g/mol. The molecule has 9 heteroatoms. The van der Waals surface area contributed by atoms with Gasteiger partial charge in [-0.05, 0) is 88.3 Å². The molecule has 6 nitrogen and oxygen atoms in total. The molecular formula is C29H41ClN2O4S2. The summed E-state index contributed by atoms with van der Waals surface area (Å²) in [6, 6.07) is 12.3. The molecule has 0 aliphatic heterocycles. The van der Waals surface area contributed by atoms with Crippen molar-refractivity contribution < 1.29 is 17.9 Å². The van der Waals surface area contributed by atoms with Gasteiger partial charge in [0.05, 0.1) is 17.1 Å². The molecule has 0 spiro atoms. The summed E-state index contributed by atoms with van der Waals surface area (Å²) in [7, 11) is -2.45. The van der Waals surface area contributed by atoms with Crippen LogP contribution in [0.3, 0.4) is 0 Å². The third-order valence-electron chi connectivity index (χ3n) is 6.51. The predicted octanol–water partition coefficient (Wildman–Crippen LogP) is 6.70. The zero-order chi connectivity index (χ0) is 26.8. The quantitative estimate of drug-likeness (QED) is 0.151. The van der Waals surface area contributed by atoms with Gasteiger partial charge in [-0.2, -0.15) is 0 Å². The Bertz CT molecular complexity index is 1270. The van der Waals surface area contributed by atoms with E-state index in [1.165, 1.54) is 38.8 Å². The van der Waals surface area contributed by atoms with Crippen LogP contribution in [0.5, 0.6) is 5.75 Å². The third kappa shape index (κ3) is 8.26. The van der Waals surface area contributed by atoms with Crippen LogP contribution in [0.2, 0.25) is 0 Å². The van der Waals surface area contributed by atoms with Gasteiger partial charge in [-0.15, -0.1) is 23.7 Å². The van der Waals surface area contributed by atoms with Gasteiger partial charge < -0.3 is 9.64 Å². The minimum Gasteiger partial charge on any atom is -0.494 e. The molecule has 0 atom stereocenters. The molecule has 210 valence electrons. The summed E-state index contributed by atoms with van der Waals surface area (Å²) in [5.74, 6) is 0.393. The minimum atomic E-state index is -3.81.